The van der Waals surface area contributed by atoms with Crippen molar-refractivity contribution in [1.82, 2.24) is 10.2 Å². The van der Waals surface area contributed by atoms with E-state index in [1.165, 1.54) is 24.3 Å². The number of carboxylic acid groups (broad SMARTS) is 1. The van der Waals surface area contributed by atoms with E-state index in [4.69, 9.17) is 9.84 Å². The summed E-state index contributed by atoms with van der Waals surface area (Å²) in [6, 6.07) is 16.1. The normalized spacial score (nSPS) is 16.0. The Kier molecular flexibility index (Phi) is 5.99. The Morgan fingerprint density at radius 2 is 1.62 bits per heavy atom. The monoisotopic (exact) mass is 354 g/mol. The molecule has 0 spiro atoms. The zero-order chi connectivity index (χ0) is 18.4. The van der Waals surface area contributed by atoms with Crippen molar-refractivity contribution in [3.63, 3.8) is 0 Å². The molecule has 1 aliphatic rings. The lowest BCUT2D eigenvalue weighted by Gasteiger charge is -2.35. The number of carboxylic acids is 1. The number of rotatable bonds is 6. The quantitative estimate of drug-likeness (QED) is 0.831. The molecule has 6 heteroatoms. The summed E-state index contributed by atoms with van der Waals surface area (Å²) in [6.07, 6.45) is 0. The van der Waals surface area contributed by atoms with Gasteiger partial charge in [0.25, 0.3) is 5.91 Å². The number of nitrogens with zero attached hydrogens (tertiary/aromatic N) is 1. The van der Waals surface area contributed by atoms with Crippen molar-refractivity contribution in [3.8, 4) is 0 Å². The van der Waals surface area contributed by atoms with Crippen molar-refractivity contribution >= 4 is 11.9 Å². The first-order valence-electron chi connectivity index (χ1n) is 8.63. The van der Waals surface area contributed by atoms with Crippen LogP contribution < -0.4 is 5.32 Å². The smallest absolute Gasteiger partial charge is 0.335 e. The lowest BCUT2D eigenvalue weighted by molar-refractivity contribution is 0.0162. The number of ether oxygens (including phenoxy) is 1. The first-order chi connectivity index (χ1) is 12.6. The van der Waals surface area contributed by atoms with Crippen LogP contribution in [0.2, 0.25) is 0 Å². The lowest BCUT2D eigenvalue weighted by atomic mass is 10.0. The molecule has 136 valence electrons. The maximum atomic E-state index is 12.4. The van der Waals surface area contributed by atoms with Gasteiger partial charge in [0, 0.05) is 25.2 Å². The minimum absolute atomic E-state index is 0.0716. The van der Waals surface area contributed by atoms with Crippen LogP contribution in [0.15, 0.2) is 54.6 Å². The minimum Gasteiger partial charge on any atom is -0.478 e. The Hall–Kier alpha value is -2.70. The van der Waals surface area contributed by atoms with Gasteiger partial charge in [0.15, 0.2) is 0 Å². The zero-order valence-electron chi connectivity index (χ0n) is 14.4. The van der Waals surface area contributed by atoms with E-state index in [-0.39, 0.29) is 17.5 Å². The van der Waals surface area contributed by atoms with Gasteiger partial charge in [-0.15, -0.1) is 0 Å². The molecule has 2 aromatic carbocycles. The van der Waals surface area contributed by atoms with Gasteiger partial charge in [0.2, 0.25) is 0 Å². The summed E-state index contributed by atoms with van der Waals surface area (Å²) < 4.78 is 5.43. The first kappa shape index (κ1) is 18.1. The van der Waals surface area contributed by atoms with Gasteiger partial charge in [0.1, 0.15) is 0 Å². The number of amides is 1. The molecule has 1 atom stereocenters. The standard InChI is InChI=1S/C20H22N2O4/c23-19(16-6-8-17(9-7-16)20(24)25)21-14-18(15-4-2-1-3-5-15)22-10-12-26-13-11-22/h1-9,18H,10-14H2,(H,21,23)(H,24,25). The predicted molar refractivity (Wildman–Crippen MR) is 97.3 cm³/mol. The fourth-order valence-electron chi connectivity index (χ4n) is 3.08. The molecular formula is C20H22N2O4. The predicted octanol–water partition coefficient (Wildman–Crippen LogP) is 2.19. The van der Waals surface area contributed by atoms with Crippen LogP contribution in [0, 0.1) is 0 Å². The number of benzene rings is 2. The third-order valence-corrected chi connectivity index (χ3v) is 4.52. The molecule has 1 fully saturated rings. The highest BCUT2D eigenvalue weighted by atomic mass is 16.5. The highest BCUT2D eigenvalue weighted by molar-refractivity contribution is 5.95. The van der Waals surface area contributed by atoms with Crippen LogP contribution in [0.25, 0.3) is 0 Å². The fraction of sp³-hybridized carbons (Fsp3) is 0.300. The van der Waals surface area contributed by atoms with Crippen LogP contribution in [-0.4, -0.2) is 54.7 Å². The summed E-state index contributed by atoms with van der Waals surface area (Å²) in [5, 5.41) is 11.9. The number of carbonyl (C=O) groups excluding carboxylic acids is 1. The maximum Gasteiger partial charge on any atom is 0.335 e. The van der Waals surface area contributed by atoms with Crippen LogP contribution in [0.5, 0.6) is 0 Å². The van der Waals surface area contributed by atoms with E-state index < -0.39 is 5.97 Å². The number of nitrogens with one attached hydrogen (secondary N) is 1. The first-order valence-corrected chi connectivity index (χ1v) is 8.63. The SMILES string of the molecule is O=C(O)c1ccc(C(=O)NCC(c2ccccc2)N2CCOCC2)cc1. The van der Waals surface area contributed by atoms with E-state index in [0.717, 1.165) is 18.7 Å². The third kappa shape index (κ3) is 4.47. The van der Waals surface area contributed by atoms with Gasteiger partial charge in [-0.1, -0.05) is 30.3 Å². The lowest BCUT2D eigenvalue weighted by Crippen LogP contribution is -2.43. The van der Waals surface area contributed by atoms with Gasteiger partial charge in [-0.05, 0) is 29.8 Å². The highest BCUT2D eigenvalue weighted by Gasteiger charge is 2.23. The van der Waals surface area contributed by atoms with Gasteiger partial charge in [0.05, 0.1) is 24.8 Å². The maximum absolute atomic E-state index is 12.4. The molecule has 1 amide bonds. The van der Waals surface area contributed by atoms with E-state index in [1.807, 2.05) is 18.2 Å². The van der Waals surface area contributed by atoms with Crippen molar-refractivity contribution in [2.45, 2.75) is 6.04 Å². The van der Waals surface area contributed by atoms with Crippen LogP contribution >= 0.6 is 0 Å². The Bertz CT molecular complexity index is 740. The zero-order valence-corrected chi connectivity index (χ0v) is 14.4. The average molecular weight is 354 g/mol. The second-order valence-electron chi connectivity index (χ2n) is 6.17. The second-order valence-corrected chi connectivity index (χ2v) is 6.17. The van der Waals surface area contributed by atoms with Crippen molar-refractivity contribution < 1.29 is 19.4 Å². The molecule has 1 aliphatic heterocycles. The van der Waals surface area contributed by atoms with Crippen molar-refractivity contribution in [2.75, 3.05) is 32.8 Å². The summed E-state index contributed by atoms with van der Waals surface area (Å²) in [5.74, 6) is -1.22. The topological polar surface area (TPSA) is 78.9 Å². The van der Waals surface area contributed by atoms with Gasteiger partial charge >= 0.3 is 5.97 Å². The Morgan fingerprint density at radius 3 is 2.23 bits per heavy atom. The molecule has 1 saturated heterocycles. The molecule has 0 bridgehead atoms. The molecule has 0 aromatic heterocycles. The molecule has 26 heavy (non-hydrogen) atoms. The fourth-order valence-corrected chi connectivity index (χ4v) is 3.08. The number of hydrogen-bond acceptors (Lipinski definition) is 4. The average Bonchev–Trinajstić information content (AvgIpc) is 2.69. The molecule has 3 rings (SSSR count). The summed E-state index contributed by atoms with van der Waals surface area (Å²) in [5.41, 5.74) is 1.76. The molecule has 0 aliphatic carbocycles. The number of hydrogen-bond donors (Lipinski definition) is 2. The van der Waals surface area contributed by atoms with E-state index in [1.54, 1.807) is 0 Å². The number of aromatic carboxylic acids is 1. The van der Waals surface area contributed by atoms with Crippen molar-refractivity contribution in [3.05, 3.63) is 71.3 Å². The van der Waals surface area contributed by atoms with E-state index >= 15 is 0 Å². The summed E-state index contributed by atoms with van der Waals surface area (Å²) >= 11 is 0. The van der Waals surface area contributed by atoms with Crippen LogP contribution in [-0.2, 0) is 4.74 Å². The summed E-state index contributed by atoms with van der Waals surface area (Å²) in [6.45, 7) is 3.50. The van der Waals surface area contributed by atoms with Crippen LogP contribution in [0.1, 0.15) is 32.3 Å². The number of morpholine rings is 1. The largest absolute Gasteiger partial charge is 0.478 e. The van der Waals surface area contributed by atoms with Crippen LogP contribution in [0.4, 0.5) is 0 Å². The molecule has 0 radical (unpaired) electrons. The molecule has 1 heterocycles. The van der Waals surface area contributed by atoms with E-state index in [9.17, 15) is 9.59 Å². The Labute approximate surface area is 152 Å². The molecular weight excluding hydrogens is 332 g/mol. The van der Waals surface area contributed by atoms with Gasteiger partial charge < -0.3 is 15.2 Å². The second kappa shape index (κ2) is 8.60. The summed E-state index contributed by atoms with van der Waals surface area (Å²) in [4.78, 5) is 25.7. The molecule has 0 saturated carbocycles. The highest BCUT2D eigenvalue weighted by Crippen LogP contribution is 2.21. The minimum atomic E-state index is -1.01. The Morgan fingerprint density at radius 1 is 1.00 bits per heavy atom. The van der Waals surface area contributed by atoms with Gasteiger partial charge in [-0.3, -0.25) is 9.69 Å². The summed E-state index contributed by atoms with van der Waals surface area (Å²) in [7, 11) is 0. The van der Waals surface area contributed by atoms with Gasteiger partial charge in [-0.25, -0.2) is 4.79 Å². The van der Waals surface area contributed by atoms with Gasteiger partial charge in [-0.2, -0.15) is 0 Å². The van der Waals surface area contributed by atoms with E-state index in [0.29, 0.717) is 25.3 Å². The molecule has 2 aromatic rings. The van der Waals surface area contributed by atoms with E-state index in [2.05, 4.69) is 22.3 Å². The van der Waals surface area contributed by atoms with Crippen LogP contribution in [0.3, 0.4) is 0 Å². The Balaban J connectivity index is 1.68. The molecule has 6 nitrogen and oxygen atoms in total. The third-order valence-electron chi connectivity index (χ3n) is 4.52. The number of carbonyl (C=O) groups is 2. The molecule has 2 N–H and O–H groups in total. The molecule has 1 unspecified atom stereocenters. The van der Waals surface area contributed by atoms with Crippen molar-refractivity contribution in [2.24, 2.45) is 0 Å². The van der Waals surface area contributed by atoms with Crippen molar-refractivity contribution in [1.29, 1.82) is 0 Å².